The summed E-state index contributed by atoms with van der Waals surface area (Å²) >= 11 is 0. The summed E-state index contributed by atoms with van der Waals surface area (Å²) < 4.78 is 0. The summed E-state index contributed by atoms with van der Waals surface area (Å²) in [5, 5.41) is 9.36. The fourth-order valence-electron chi connectivity index (χ4n) is 2.08. The maximum absolute atomic E-state index is 11.8. The second kappa shape index (κ2) is 10.1. The molecule has 1 amide bonds. The predicted molar refractivity (Wildman–Crippen MR) is 98.6 cm³/mol. The molecule has 1 heterocycles. The molecule has 22 heavy (non-hydrogen) atoms. The van der Waals surface area contributed by atoms with Gasteiger partial charge in [0.05, 0.1) is 5.56 Å². The second-order valence-corrected chi connectivity index (χ2v) is 4.78. The number of aromatic nitrogens is 1. The third kappa shape index (κ3) is 6.00. The highest BCUT2D eigenvalue weighted by atomic mass is 127. The van der Waals surface area contributed by atoms with Gasteiger partial charge < -0.3 is 16.0 Å². The number of halogens is 1. The molecule has 120 valence electrons. The Hall–Kier alpha value is -1.64. The summed E-state index contributed by atoms with van der Waals surface area (Å²) in [4.78, 5) is 19.9. The van der Waals surface area contributed by atoms with E-state index in [9.17, 15) is 4.79 Å². The van der Waals surface area contributed by atoms with E-state index in [-0.39, 0.29) is 29.9 Å². The normalized spacial score (nSPS) is 14.3. The molecule has 0 bridgehead atoms. The summed E-state index contributed by atoms with van der Waals surface area (Å²) in [7, 11) is 1.74. The third-order valence-electron chi connectivity index (χ3n) is 3.20. The van der Waals surface area contributed by atoms with Crippen molar-refractivity contribution in [2.45, 2.75) is 18.9 Å². The standard InChI is InChI=1S/C15H21N5O.HI/c1-16-15(20-13-6-2-3-7-13)19-10-9-18-14(21)12-5-4-8-17-11-12;/h2-5,8,11,13H,6-7,9-10H2,1H3,(H,18,21)(H2,16,19,20);1H. The number of rotatable bonds is 5. The molecule has 0 spiro atoms. The van der Waals surface area contributed by atoms with Gasteiger partial charge in [0, 0.05) is 38.6 Å². The molecule has 6 nitrogen and oxygen atoms in total. The van der Waals surface area contributed by atoms with Crippen molar-refractivity contribution in [2.24, 2.45) is 4.99 Å². The number of hydrogen-bond acceptors (Lipinski definition) is 3. The van der Waals surface area contributed by atoms with Crippen LogP contribution in [0.3, 0.4) is 0 Å². The SMILES string of the molecule is CN=C(NCCNC(=O)c1cccnc1)NC1CC=CC1.I. The van der Waals surface area contributed by atoms with Gasteiger partial charge in [-0.3, -0.25) is 14.8 Å². The Bertz CT molecular complexity index is 510. The van der Waals surface area contributed by atoms with Crippen LogP contribution in [0.25, 0.3) is 0 Å². The first-order valence-corrected chi connectivity index (χ1v) is 7.10. The van der Waals surface area contributed by atoms with E-state index in [1.54, 1.807) is 31.6 Å². The molecule has 1 aliphatic rings. The lowest BCUT2D eigenvalue weighted by atomic mass is 10.2. The molecule has 0 unspecified atom stereocenters. The van der Waals surface area contributed by atoms with Crippen LogP contribution in [0.15, 0.2) is 41.7 Å². The Morgan fingerprint density at radius 2 is 2.05 bits per heavy atom. The third-order valence-corrected chi connectivity index (χ3v) is 3.20. The molecular formula is C15H22IN5O. The largest absolute Gasteiger partial charge is 0.355 e. The van der Waals surface area contributed by atoms with Gasteiger partial charge in [0.15, 0.2) is 5.96 Å². The van der Waals surface area contributed by atoms with Crippen LogP contribution in [0.5, 0.6) is 0 Å². The zero-order valence-corrected chi connectivity index (χ0v) is 14.9. The van der Waals surface area contributed by atoms with Crippen molar-refractivity contribution in [2.75, 3.05) is 20.1 Å². The Morgan fingerprint density at radius 3 is 2.68 bits per heavy atom. The molecule has 0 fully saturated rings. The molecule has 1 aromatic heterocycles. The van der Waals surface area contributed by atoms with Crippen LogP contribution in [-0.4, -0.2) is 43.0 Å². The number of nitrogens with one attached hydrogen (secondary N) is 3. The number of carbonyl (C=O) groups is 1. The van der Waals surface area contributed by atoms with Crippen LogP contribution >= 0.6 is 24.0 Å². The van der Waals surface area contributed by atoms with E-state index >= 15 is 0 Å². The van der Waals surface area contributed by atoms with Crippen molar-refractivity contribution < 1.29 is 4.79 Å². The van der Waals surface area contributed by atoms with Gasteiger partial charge in [0.25, 0.3) is 5.91 Å². The lowest BCUT2D eigenvalue weighted by Crippen LogP contribution is -2.45. The number of amides is 1. The molecule has 1 aliphatic carbocycles. The van der Waals surface area contributed by atoms with E-state index in [1.807, 2.05) is 0 Å². The average Bonchev–Trinajstić information content (AvgIpc) is 3.04. The van der Waals surface area contributed by atoms with E-state index < -0.39 is 0 Å². The summed E-state index contributed by atoms with van der Waals surface area (Å²) in [5.74, 6) is 0.646. The Balaban J connectivity index is 0.00000242. The molecule has 2 rings (SSSR count). The van der Waals surface area contributed by atoms with Gasteiger partial charge in [-0.1, -0.05) is 12.2 Å². The first-order chi connectivity index (χ1) is 10.3. The number of carbonyl (C=O) groups excluding carboxylic acids is 1. The van der Waals surface area contributed by atoms with Crippen molar-refractivity contribution in [3.8, 4) is 0 Å². The summed E-state index contributed by atoms with van der Waals surface area (Å²) in [5.41, 5.74) is 0.567. The van der Waals surface area contributed by atoms with E-state index in [4.69, 9.17) is 0 Å². The molecule has 0 aliphatic heterocycles. The molecule has 1 aromatic rings. The van der Waals surface area contributed by atoms with E-state index in [0.717, 1.165) is 18.8 Å². The summed E-state index contributed by atoms with van der Waals surface area (Å²) in [6.07, 6.45) is 9.58. The minimum Gasteiger partial charge on any atom is -0.355 e. The number of guanidine groups is 1. The van der Waals surface area contributed by atoms with Crippen molar-refractivity contribution >= 4 is 35.8 Å². The fourth-order valence-corrected chi connectivity index (χ4v) is 2.08. The smallest absolute Gasteiger partial charge is 0.252 e. The number of nitrogens with zero attached hydrogens (tertiary/aromatic N) is 2. The second-order valence-electron chi connectivity index (χ2n) is 4.78. The predicted octanol–water partition coefficient (Wildman–Crippen LogP) is 1.31. The van der Waals surface area contributed by atoms with Crippen molar-refractivity contribution in [1.29, 1.82) is 0 Å². The lowest BCUT2D eigenvalue weighted by Gasteiger charge is -2.17. The fraction of sp³-hybridized carbons (Fsp3) is 0.400. The Labute approximate surface area is 147 Å². The zero-order valence-electron chi connectivity index (χ0n) is 12.6. The van der Waals surface area contributed by atoms with Crippen molar-refractivity contribution in [3.63, 3.8) is 0 Å². The minimum atomic E-state index is -0.118. The van der Waals surface area contributed by atoms with E-state index in [2.05, 4.69) is 38.1 Å². The first-order valence-electron chi connectivity index (χ1n) is 7.10. The maximum atomic E-state index is 11.8. The monoisotopic (exact) mass is 415 g/mol. The quantitative estimate of drug-likeness (QED) is 0.223. The molecule has 0 saturated carbocycles. The number of aliphatic imine (C=N–C) groups is 1. The van der Waals surface area contributed by atoms with Crippen LogP contribution in [0.4, 0.5) is 0 Å². The van der Waals surface area contributed by atoms with Crippen LogP contribution in [0.2, 0.25) is 0 Å². The molecule has 0 radical (unpaired) electrons. The van der Waals surface area contributed by atoms with Gasteiger partial charge in [-0.15, -0.1) is 24.0 Å². The molecule has 0 atom stereocenters. The Kier molecular flexibility index (Phi) is 8.49. The summed E-state index contributed by atoms with van der Waals surface area (Å²) in [6.45, 7) is 1.14. The van der Waals surface area contributed by atoms with Gasteiger partial charge >= 0.3 is 0 Å². The van der Waals surface area contributed by atoms with Gasteiger partial charge in [-0.2, -0.15) is 0 Å². The lowest BCUT2D eigenvalue weighted by molar-refractivity contribution is 0.0954. The van der Waals surface area contributed by atoms with Gasteiger partial charge in [0.1, 0.15) is 0 Å². The van der Waals surface area contributed by atoms with Gasteiger partial charge in [-0.25, -0.2) is 0 Å². The number of pyridine rings is 1. The summed E-state index contributed by atoms with van der Waals surface area (Å²) in [6, 6.07) is 3.90. The van der Waals surface area contributed by atoms with E-state index in [0.29, 0.717) is 24.7 Å². The molecule has 0 saturated heterocycles. The average molecular weight is 415 g/mol. The van der Waals surface area contributed by atoms with Crippen LogP contribution in [0, 0.1) is 0 Å². The van der Waals surface area contributed by atoms with E-state index in [1.165, 1.54) is 0 Å². The molecule has 3 N–H and O–H groups in total. The number of hydrogen-bond donors (Lipinski definition) is 3. The minimum absolute atomic E-state index is 0. The van der Waals surface area contributed by atoms with Crippen molar-refractivity contribution in [1.82, 2.24) is 20.9 Å². The van der Waals surface area contributed by atoms with Gasteiger partial charge in [-0.05, 0) is 25.0 Å². The van der Waals surface area contributed by atoms with Gasteiger partial charge in [0.2, 0.25) is 0 Å². The molecular weight excluding hydrogens is 393 g/mol. The van der Waals surface area contributed by atoms with Crippen LogP contribution in [0.1, 0.15) is 23.2 Å². The molecule has 7 heteroatoms. The maximum Gasteiger partial charge on any atom is 0.252 e. The highest BCUT2D eigenvalue weighted by Crippen LogP contribution is 2.08. The van der Waals surface area contributed by atoms with Crippen LogP contribution < -0.4 is 16.0 Å². The zero-order chi connectivity index (χ0) is 14.9. The highest BCUT2D eigenvalue weighted by molar-refractivity contribution is 14.0. The Morgan fingerprint density at radius 1 is 1.32 bits per heavy atom. The first kappa shape index (κ1) is 18.4. The molecule has 0 aromatic carbocycles. The van der Waals surface area contributed by atoms with Crippen molar-refractivity contribution in [3.05, 3.63) is 42.2 Å². The van der Waals surface area contributed by atoms with Crippen LogP contribution in [-0.2, 0) is 0 Å². The highest BCUT2D eigenvalue weighted by Gasteiger charge is 2.11. The topological polar surface area (TPSA) is 78.4 Å².